The molecule has 0 aliphatic carbocycles. The van der Waals surface area contributed by atoms with Gasteiger partial charge in [-0.05, 0) is 0 Å². The second-order valence-corrected chi connectivity index (χ2v) is 16.2. The first-order valence-corrected chi connectivity index (χ1v) is 14.1. The Morgan fingerprint density at radius 1 is 0.385 bits per heavy atom. The van der Waals surface area contributed by atoms with Crippen LogP contribution in [0.2, 0.25) is 0 Å². The molecule has 0 N–H and O–H groups in total. The van der Waals surface area contributed by atoms with Crippen LogP contribution in [0.25, 0.3) is 0 Å². The van der Waals surface area contributed by atoms with E-state index in [1.54, 1.807) is 0 Å². The van der Waals surface area contributed by atoms with E-state index in [0.29, 0.717) is 0 Å². The quantitative estimate of drug-likeness (QED) is 0.424. The fourth-order valence-corrected chi connectivity index (χ4v) is 15.7. The Hall–Kier alpha value is -2.30. The van der Waals surface area contributed by atoms with Gasteiger partial charge in [-0.1, -0.05) is 0 Å². The molecule has 4 aromatic rings. The van der Waals surface area contributed by atoms with Crippen LogP contribution >= 0.6 is 0 Å². The first kappa shape index (κ1) is 17.1. The van der Waals surface area contributed by atoms with Crippen molar-refractivity contribution in [3.8, 4) is 0 Å². The summed E-state index contributed by atoms with van der Waals surface area (Å²) in [5.41, 5.74) is 1.31. The maximum absolute atomic E-state index is 3.20. The molecule has 0 amide bonds. The predicted octanol–water partition coefficient (Wildman–Crippen LogP) is 3.37. The van der Waals surface area contributed by atoms with Crippen LogP contribution in [-0.2, 0) is 0 Å². The van der Waals surface area contributed by atoms with E-state index in [9.17, 15) is 0 Å². The first-order chi connectivity index (χ1) is 12.8. The van der Waals surface area contributed by atoms with Crippen LogP contribution in [0.4, 0.5) is 0 Å². The Kier molecular flexibility index (Phi) is 4.95. The summed E-state index contributed by atoms with van der Waals surface area (Å²) in [7, 11) is 0. The molecule has 0 heterocycles. The summed E-state index contributed by atoms with van der Waals surface area (Å²) in [6.07, 6.45) is 0. The molecule has 126 valence electrons. The van der Waals surface area contributed by atoms with Gasteiger partial charge in [0.2, 0.25) is 0 Å². The molecule has 0 aromatic heterocycles. The predicted molar refractivity (Wildman–Crippen MR) is 115 cm³/mol. The molecule has 0 saturated carbocycles. The molecule has 0 unspecified atom stereocenters. The second-order valence-electron chi connectivity index (χ2n) is 6.51. The van der Waals surface area contributed by atoms with Crippen LogP contribution < -0.4 is 14.0 Å². The van der Waals surface area contributed by atoms with Gasteiger partial charge >= 0.3 is 161 Å². The van der Waals surface area contributed by atoms with Crippen molar-refractivity contribution in [1.29, 1.82) is 0 Å². The molecule has 0 aliphatic heterocycles. The molecule has 4 rings (SSSR count). The van der Waals surface area contributed by atoms with Gasteiger partial charge in [0.1, 0.15) is 0 Å². The molecule has 4 aromatic carbocycles. The molecule has 0 fully saturated rings. The zero-order valence-corrected chi connectivity index (χ0v) is 17.5. The van der Waals surface area contributed by atoms with Gasteiger partial charge in [0.25, 0.3) is 0 Å². The summed E-state index contributed by atoms with van der Waals surface area (Å²) in [5, 5.41) is 0. The van der Waals surface area contributed by atoms with E-state index in [-0.39, 0.29) is 0 Å². The van der Waals surface area contributed by atoms with E-state index in [1.165, 1.54) is 19.6 Å². The Morgan fingerprint density at radius 3 is 1.04 bits per heavy atom. The van der Waals surface area contributed by atoms with E-state index in [0.717, 1.165) is 0 Å². The van der Waals surface area contributed by atoms with Crippen molar-refractivity contribution in [2.24, 2.45) is 0 Å². The monoisotopic (exact) mass is 443 g/mol. The van der Waals surface area contributed by atoms with E-state index < -0.39 is 18.8 Å². The van der Waals surface area contributed by atoms with Gasteiger partial charge in [0.05, 0.1) is 0 Å². The van der Waals surface area contributed by atoms with Crippen molar-refractivity contribution < 1.29 is 0 Å². The van der Waals surface area contributed by atoms with E-state index in [4.69, 9.17) is 0 Å². The summed E-state index contributed by atoms with van der Waals surface area (Å²) in [5.74, 6) is 0. The molecule has 0 radical (unpaired) electrons. The van der Waals surface area contributed by atoms with Crippen LogP contribution in [-0.4, -0.2) is 18.8 Å². The molecule has 0 nitrogen and oxygen atoms in total. The zero-order chi connectivity index (χ0) is 17.8. The van der Waals surface area contributed by atoms with Crippen LogP contribution in [0.3, 0.4) is 0 Å². The first-order valence-electron chi connectivity index (χ1n) is 8.95. The summed E-state index contributed by atoms with van der Waals surface area (Å²) in [6.45, 7) is 2.16. The summed E-state index contributed by atoms with van der Waals surface area (Å²) in [4.78, 5) is 0. The molecular weight excluding hydrogens is 422 g/mol. The Morgan fingerprint density at radius 2 is 0.692 bits per heavy atom. The molecular formula is C25H22Sb+. The Bertz CT molecular complexity index is 862. The molecule has 1 heteroatoms. The third kappa shape index (κ3) is 3.00. The Labute approximate surface area is 160 Å². The van der Waals surface area contributed by atoms with E-state index in [2.05, 4.69) is 122 Å². The van der Waals surface area contributed by atoms with Crippen LogP contribution in [0, 0.1) is 6.92 Å². The summed E-state index contributed by atoms with van der Waals surface area (Å²) < 4.78 is 5.92. The topological polar surface area (TPSA) is 0 Å². The van der Waals surface area contributed by atoms with Gasteiger partial charge in [0.15, 0.2) is 0 Å². The number of rotatable bonds is 4. The molecule has 0 aliphatic rings. The van der Waals surface area contributed by atoms with Crippen molar-refractivity contribution in [2.75, 3.05) is 0 Å². The molecule has 0 atom stereocenters. The average Bonchev–Trinajstić information content (AvgIpc) is 2.72. The minimum absolute atomic E-state index is 1.31. The third-order valence-corrected chi connectivity index (χ3v) is 17.1. The standard InChI is InChI=1S/C7H7.3C6H5.Sb/c1-7-5-3-2-4-6-7;3*1-2-4-6-5-3-1;/h3-6H,1H3;3*1-5H;/q;;;;+1. The summed E-state index contributed by atoms with van der Waals surface area (Å²) >= 11 is -3.20. The van der Waals surface area contributed by atoms with Gasteiger partial charge in [0, 0.05) is 0 Å². The van der Waals surface area contributed by atoms with Gasteiger partial charge in [-0.25, -0.2) is 0 Å². The number of benzene rings is 4. The van der Waals surface area contributed by atoms with Crippen molar-refractivity contribution in [3.63, 3.8) is 0 Å². The van der Waals surface area contributed by atoms with E-state index >= 15 is 0 Å². The van der Waals surface area contributed by atoms with Crippen molar-refractivity contribution in [3.05, 3.63) is 121 Å². The average molecular weight is 444 g/mol. The fraction of sp³-hybridized carbons (Fsp3) is 0.0400. The molecule has 0 spiro atoms. The van der Waals surface area contributed by atoms with E-state index in [1.807, 2.05) is 0 Å². The van der Waals surface area contributed by atoms with Gasteiger partial charge in [-0.3, -0.25) is 0 Å². The van der Waals surface area contributed by atoms with Gasteiger partial charge in [-0.15, -0.1) is 0 Å². The van der Waals surface area contributed by atoms with Crippen LogP contribution in [0.5, 0.6) is 0 Å². The molecule has 0 saturated heterocycles. The number of hydrogen-bond donors (Lipinski definition) is 0. The molecule has 26 heavy (non-hydrogen) atoms. The summed E-state index contributed by atoms with van der Waals surface area (Å²) in [6, 6.07) is 42.6. The SMILES string of the molecule is Cc1cc[c]([Sb+]([c]2ccccc2)([c]2ccccc2)[c]2ccccc2)cc1. The van der Waals surface area contributed by atoms with Crippen molar-refractivity contribution in [1.82, 2.24) is 0 Å². The number of aryl methyl sites for hydroxylation is 1. The normalized spacial score (nSPS) is 11.3. The third-order valence-electron chi connectivity index (χ3n) is 4.85. The van der Waals surface area contributed by atoms with Gasteiger partial charge in [-0.2, -0.15) is 0 Å². The fourth-order valence-electron chi connectivity index (χ4n) is 3.62. The van der Waals surface area contributed by atoms with Gasteiger partial charge < -0.3 is 0 Å². The zero-order valence-electron chi connectivity index (χ0n) is 14.9. The van der Waals surface area contributed by atoms with Crippen molar-refractivity contribution in [2.45, 2.75) is 6.92 Å². The second kappa shape index (κ2) is 7.52. The molecule has 0 bridgehead atoms. The number of hydrogen-bond acceptors (Lipinski definition) is 0. The van der Waals surface area contributed by atoms with Crippen LogP contribution in [0.1, 0.15) is 5.56 Å². The van der Waals surface area contributed by atoms with Crippen molar-refractivity contribution >= 4 is 32.8 Å². The maximum atomic E-state index is 2.36. The van der Waals surface area contributed by atoms with Crippen LogP contribution in [0.15, 0.2) is 115 Å². The minimum atomic E-state index is -3.20. The Balaban J connectivity index is 2.12.